The molecule has 24 heavy (non-hydrogen) atoms. The Balaban J connectivity index is 1.74. The van der Waals surface area contributed by atoms with Gasteiger partial charge in [0.15, 0.2) is 0 Å². The van der Waals surface area contributed by atoms with Gasteiger partial charge < -0.3 is 14.9 Å². The first kappa shape index (κ1) is 17.1. The van der Waals surface area contributed by atoms with E-state index in [4.69, 9.17) is 0 Å². The number of nitrogens with zero attached hydrogens (tertiary/aromatic N) is 4. The summed E-state index contributed by atoms with van der Waals surface area (Å²) in [4.78, 5) is 32.8. The Morgan fingerprint density at radius 1 is 1.50 bits per heavy atom. The van der Waals surface area contributed by atoms with E-state index in [1.54, 1.807) is 11.0 Å². The van der Waals surface area contributed by atoms with E-state index in [9.17, 15) is 14.7 Å². The van der Waals surface area contributed by atoms with Gasteiger partial charge in [0.25, 0.3) is 5.56 Å². The quantitative estimate of drug-likeness (QED) is 0.862. The van der Waals surface area contributed by atoms with Crippen molar-refractivity contribution < 1.29 is 9.90 Å². The number of carbonyl (C=O) groups is 1. The van der Waals surface area contributed by atoms with Crippen LogP contribution in [0.4, 0.5) is 0 Å². The van der Waals surface area contributed by atoms with Gasteiger partial charge in [0.1, 0.15) is 11.2 Å². The summed E-state index contributed by atoms with van der Waals surface area (Å²) in [6, 6.07) is 1.79. The molecule has 1 fully saturated rings. The zero-order chi connectivity index (χ0) is 17.3. The minimum Gasteiger partial charge on any atom is -0.387 e. The Hall–Kier alpha value is -1.77. The van der Waals surface area contributed by atoms with Crippen molar-refractivity contribution in [2.24, 2.45) is 0 Å². The molecule has 1 atom stereocenters. The number of amides is 1. The van der Waals surface area contributed by atoms with Crippen molar-refractivity contribution in [3.63, 3.8) is 0 Å². The van der Waals surface area contributed by atoms with Gasteiger partial charge in [0, 0.05) is 13.1 Å². The van der Waals surface area contributed by atoms with E-state index in [-0.39, 0.29) is 18.0 Å². The van der Waals surface area contributed by atoms with E-state index < -0.39 is 5.60 Å². The molecule has 2 aromatic rings. The highest BCUT2D eigenvalue weighted by Gasteiger charge is 2.35. The molecule has 1 unspecified atom stereocenters. The molecular formula is C16H22N4O3S. The maximum absolute atomic E-state index is 12.6. The zero-order valence-corrected chi connectivity index (χ0v) is 14.8. The molecule has 1 aliphatic heterocycles. The van der Waals surface area contributed by atoms with Crippen LogP contribution in [0, 0.1) is 0 Å². The number of aromatic nitrogens is 2. The van der Waals surface area contributed by atoms with Crippen molar-refractivity contribution in [2.75, 3.05) is 33.7 Å². The van der Waals surface area contributed by atoms with E-state index >= 15 is 0 Å². The van der Waals surface area contributed by atoms with Crippen molar-refractivity contribution in [1.29, 1.82) is 0 Å². The Kier molecular flexibility index (Phi) is 4.71. The topological polar surface area (TPSA) is 78.7 Å². The molecule has 0 spiro atoms. The highest BCUT2D eigenvalue weighted by atomic mass is 32.1. The Labute approximate surface area is 144 Å². The summed E-state index contributed by atoms with van der Waals surface area (Å²) in [6.45, 7) is 1.38. The first-order valence-corrected chi connectivity index (χ1v) is 8.83. The molecule has 7 nitrogen and oxygen atoms in total. The number of hydrogen-bond acceptors (Lipinski definition) is 6. The molecule has 3 rings (SSSR count). The van der Waals surface area contributed by atoms with Crippen LogP contribution in [0.3, 0.4) is 0 Å². The van der Waals surface area contributed by atoms with Crippen LogP contribution in [0.2, 0.25) is 0 Å². The predicted octanol–water partition coefficient (Wildman–Crippen LogP) is 0.373. The molecule has 0 aliphatic carbocycles. The van der Waals surface area contributed by atoms with E-state index in [1.165, 1.54) is 22.2 Å². The molecule has 1 saturated heterocycles. The number of carbonyl (C=O) groups excluding carboxylic acids is 1. The highest BCUT2D eigenvalue weighted by molar-refractivity contribution is 7.17. The van der Waals surface area contributed by atoms with Crippen LogP contribution in [-0.2, 0) is 11.3 Å². The molecule has 0 radical (unpaired) electrons. The third-order valence-electron chi connectivity index (χ3n) is 4.26. The number of fused-ring (bicyclic) bond motifs is 1. The van der Waals surface area contributed by atoms with Crippen molar-refractivity contribution in [3.05, 3.63) is 28.1 Å². The van der Waals surface area contributed by atoms with E-state index in [0.717, 1.165) is 6.42 Å². The van der Waals surface area contributed by atoms with Crippen LogP contribution in [-0.4, -0.2) is 69.7 Å². The molecule has 1 N–H and O–H groups in total. The van der Waals surface area contributed by atoms with Crippen LogP contribution in [0.5, 0.6) is 0 Å². The molecule has 2 aromatic heterocycles. The summed E-state index contributed by atoms with van der Waals surface area (Å²) in [5.74, 6) is -0.160. The lowest BCUT2D eigenvalue weighted by molar-refractivity contribution is -0.139. The molecule has 0 bridgehead atoms. The fraction of sp³-hybridized carbons (Fsp3) is 0.562. The van der Waals surface area contributed by atoms with Gasteiger partial charge in [-0.3, -0.25) is 14.2 Å². The molecule has 3 heterocycles. The number of β-amino-alcohol motifs (C(OH)–C–C–N with tert-alkyl or cyclic N) is 1. The highest BCUT2D eigenvalue weighted by Crippen LogP contribution is 2.22. The molecule has 8 heteroatoms. The fourth-order valence-electron chi connectivity index (χ4n) is 3.28. The zero-order valence-electron chi connectivity index (χ0n) is 13.9. The average molecular weight is 350 g/mol. The van der Waals surface area contributed by atoms with Crippen LogP contribution >= 0.6 is 11.3 Å². The number of piperidine rings is 1. The fourth-order valence-corrected chi connectivity index (χ4v) is 4.07. The van der Waals surface area contributed by atoms with Crippen molar-refractivity contribution in [3.8, 4) is 0 Å². The third-order valence-corrected chi connectivity index (χ3v) is 5.15. The van der Waals surface area contributed by atoms with Gasteiger partial charge in [-0.25, -0.2) is 4.98 Å². The molecular weight excluding hydrogens is 328 g/mol. The van der Waals surface area contributed by atoms with Gasteiger partial charge in [-0.1, -0.05) is 0 Å². The molecule has 130 valence electrons. The Morgan fingerprint density at radius 2 is 2.29 bits per heavy atom. The standard InChI is InChI=1S/C16H22N4O3S/c1-18(2)9-16(23)5-3-6-19(10-16)13(21)8-20-11-17-12-4-7-24-14(12)15(20)22/h4,7,11,23H,3,5-6,8-10H2,1-2H3. The lowest BCUT2D eigenvalue weighted by Gasteiger charge is -2.40. The molecule has 1 amide bonds. The molecule has 0 aromatic carbocycles. The maximum atomic E-state index is 12.6. The Bertz CT molecular complexity index is 800. The van der Waals surface area contributed by atoms with Crippen molar-refractivity contribution >= 4 is 27.5 Å². The Morgan fingerprint density at radius 3 is 3.04 bits per heavy atom. The van der Waals surface area contributed by atoms with Gasteiger partial charge >= 0.3 is 0 Å². The molecule has 0 saturated carbocycles. The van der Waals surface area contributed by atoms with Crippen molar-refractivity contribution in [1.82, 2.24) is 19.4 Å². The summed E-state index contributed by atoms with van der Waals surface area (Å²) in [5, 5.41) is 12.5. The average Bonchev–Trinajstić information content (AvgIpc) is 2.98. The van der Waals surface area contributed by atoms with Crippen LogP contribution in [0.25, 0.3) is 10.2 Å². The number of rotatable bonds is 4. The van der Waals surface area contributed by atoms with Crippen LogP contribution in [0.15, 0.2) is 22.6 Å². The predicted molar refractivity (Wildman–Crippen MR) is 93.2 cm³/mol. The maximum Gasteiger partial charge on any atom is 0.271 e. The minimum absolute atomic E-state index is 0.0439. The van der Waals surface area contributed by atoms with Gasteiger partial charge in [0.2, 0.25) is 5.91 Å². The molecule has 1 aliphatic rings. The SMILES string of the molecule is CN(C)CC1(O)CCCN(C(=O)Cn2cnc3ccsc3c2=O)C1. The number of hydrogen-bond donors (Lipinski definition) is 1. The van der Waals surface area contributed by atoms with Crippen LogP contribution < -0.4 is 5.56 Å². The van der Waals surface area contributed by atoms with Gasteiger partial charge in [-0.15, -0.1) is 11.3 Å². The monoisotopic (exact) mass is 350 g/mol. The van der Waals surface area contributed by atoms with Crippen molar-refractivity contribution in [2.45, 2.75) is 25.0 Å². The second kappa shape index (κ2) is 6.62. The summed E-state index contributed by atoms with van der Waals surface area (Å²) in [6.07, 6.45) is 2.86. The summed E-state index contributed by atoms with van der Waals surface area (Å²) in [7, 11) is 3.81. The second-order valence-corrected chi connectivity index (χ2v) is 7.61. The summed E-state index contributed by atoms with van der Waals surface area (Å²) >= 11 is 1.33. The largest absolute Gasteiger partial charge is 0.387 e. The number of aliphatic hydroxyl groups is 1. The van der Waals surface area contributed by atoms with Gasteiger partial charge in [-0.2, -0.15) is 0 Å². The normalized spacial score (nSPS) is 21.6. The summed E-state index contributed by atoms with van der Waals surface area (Å²) < 4.78 is 1.91. The smallest absolute Gasteiger partial charge is 0.271 e. The number of likely N-dealkylation sites (N-methyl/N-ethyl adjacent to an activating group) is 1. The second-order valence-electron chi connectivity index (χ2n) is 6.69. The van der Waals surface area contributed by atoms with Gasteiger partial charge in [0.05, 0.1) is 24.0 Å². The number of likely N-dealkylation sites (tertiary alicyclic amines) is 1. The number of thiophene rings is 1. The van der Waals surface area contributed by atoms with E-state index in [0.29, 0.717) is 36.3 Å². The minimum atomic E-state index is -0.891. The first-order valence-electron chi connectivity index (χ1n) is 7.95. The third kappa shape index (κ3) is 3.50. The first-order chi connectivity index (χ1) is 11.4. The van der Waals surface area contributed by atoms with Crippen LogP contribution in [0.1, 0.15) is 12.8 Å². The lowest BCUT2D eigenvalue weighted by atomic mass is 9.92. The van der Waals surface area contributed by atoms with Gasteiger partial charge in [-0.05, 0) is 38.4 Å². The summed E-state index contributed by atoms with van der Waals surface area (Å²) in [5.41, 5.74) is -0.422. The van der Waals surface area contributed by atoms with E-state index in [2.05, 4.69) is 4.98 Å². The van der Waals surface area contributed by atoms with E-state index in [1.807, 2.05) is 24.4 Å². The lowest BCUT2D eigenvalue weighted by Crippen LogP contribution is -2.55.